The van der Waals surface area contributed by atoms with Gasteiger partial charge in [-0.1, -0.05) is 32.1 Å². The second-order valence-electron chi connectivity index (χ2n) is 5.99. The molecule has 0 spiro atoms. The maximum Gasteiger partial charge on any atom is 0.0762 e. The predicted octanol–water partition coefficient (Wildman–Crippen LogP) is 3.28. The monoisotopic (exact) mass is 247 g/mol. The molecule has 2 saturated carbocycles. The highest BCUT2D eigenvalue weighted by atomic mass is 15.3. The van der Waals surface area contributed by atoms with Crippen molar-refractivity contribution in [2.45, 2.75) is 64.0 Å². The topological polar surface area (TPSA) is 29.9 Å². The highest BCUT2D eigenvalue weighted by Gasteiger charge is 2.20. The van der Waals surface area contributed by atoms with E-state index in [1.807, 2.05) is 0 Å². The normalized spacial score (nSPS) is 21.3. The fourth-order valence-corrected chi connectivity index (χ4v) is 2.95. The predicted molar refractivity (Wildman–Crippen MR) is 73.4 cm³/mol. The van der Waals surface area contributed by atoms with E-state index in [-0.39, 0.29) is 0 Å². The highest BCUT2D eigenvalue weighted by molar-refractivity contribution is 4.99. The van der Waals surface area contributed by atoms with Gasteiger partial charge >= 0.3 is 0 Å². The van der Waals surface area contributed by atoms with Crippen molar-refractivity contribution in [2.75, 3.05) is 6.54 Å². The standard InChI is InChI=1S/C15H25N3/c1-2-4-15(5-3-1)18-11-9-14(17-18)12-16-10-8-13-6-7-13/h9,11,13,15-16H,1-8,10,12H2. The molecule has 18 heavy (non-hydrogen) atoms. The van der Waals surface area contributed by atoms with E-state index in [4.69, 9.17) is 5.10 Å². The molecular formula is C15H25N3. The van der Waals surface area contributed by atoms with E-state index in [0.717, 1.165) is 19.0 Å². The molecule has 1 aromatic rings. The molecule has 0 aliphatic heterocycles. The zero-order valence-corrected chi connectivity index (χ0v) is 11.3. The number of nitrogens with one attached hydrogen (secondary N) is 1. The highest BCUT2D eigenvalue weighted by Crippen LogP contribution is 2.31. The molecule has 0 saturated heterocycles. The van der Waals surface area contributed by atoms with E-state index in [1.54, 1.807) is 0 Å². The van der Waals surface area contributed by atoms with Gasteiger partial charge in [0.25, 0.3) is 0 Å². The first-order chi connectivity index (χ1) is 8.92. The molecule has 0 amide bonds. The van der Waals surface area contributed by atoms with E-state index in [2.05, 4.69) is 22.3 Å². The van der Waals surface area contributed by atoms with E-state index < -0.39 is 0 Å². The van der Waals surface area contributed by atoms with Crippen molar-refractivity contribution in [3.05, 3.63) is 18.0 Å². The fourth-order valence-electron chi connectivity index (χ4n) is 2.95. The number of nitrogens with zero attached hydrogens (tertiary/aromatic N) is 2. The molecule has 1 N–H and O–H groups in total. The Morgan fingerprint density at radius 2 is 2.00 bits per heavy atom. The van der Waals surface area contributed by atoms with Gasteiger partial charge in [-0.3, -0.25) is 4.68 Å². The second kappa shape index (κ2) is 5.87. The summed E-state index contributed by atoms with van der Waals surface area (Å²) in [5.41, 5.74) is 1.20. The third kappa shape index (κ3) is 3.35. The minimum Gasteiger partial charge on any atom is -0.311 e. The van der Waals surface area contributed by atoms with E-state index in [1.165, 1.54) is 57.1 Å². The number of rotatable bonds is 6. The molecule has 0 unspecified atom stereocenters. The van der Waals surface area contributed by atoms with Crippen molar-refractivity contribution in [3.8, 4) is 0 Å². The second-order valence-corrected chi connectivity index (χ2v) is 5.99. The van der Waals surface area contributed by atoms with Gasteiger partial charge in [0.05, 0.1) is 11.7 Å². The van der Waals surface area contributed by atoms with Gasteiger partial charge in [-0.2, -0.15) is 5.10 Å². The molecule has 3 rings (SSSR count). The van der Waals surface area contributed by atoms with Crippen LogP contribution in [0.4, 0.5) is 0 Å². The van der Waals surface area contributed by atoms with Gasteiger partial charge in [-0.15, -0.1) is 0 Å². The van der Waals surface area contributed by atoms with Crippen LogP contribution in [-0.2, 0) is 6.54 Å². The summed E-state index contributed by atoms with van der Waals surface area (Å²) in [6.45, 7) is 2.09. The first-order valence-corrected chi connectivity index (χ1v) is 7.66. The van der Waals surface area contributed by atoms with Crippen LogP contribution in [0.15, 0.2) is 12.3 Å². The lowest BCUT2D eigenvalue weighted by atomic mass is 9.96. The molecule has 100 valence electrons. The Morgan fingerprint density at radius 1 is 1.17 bits per heavy atom. The molecule has 1 aromatic heterocycles. The van der Waals surface area contributed by atoms with Crippen LogP contribution in [0.2, 0.25) is 0 Å². The SMILES string of the molecule is c1cn(C2CCCCC2)nc1CNCCC1CC1. The average molecular weight is 247 g/mol. The number of hydrogen-bond donors (Lipinski definition) is 1. The van der Waals surface area contributed by atoms with Crippen LogP contribution in [0.1, 0.15) is 63.1 Å². The lowest BCUT2D eigenvalue weighted by Crippen LogP contribution is -2.17. The van der Waals surface area contributed by atoms with Crippen molar-refractivity contribution in [3.63, 3.8) is 0 Å². The third-order valence-corrected chi connectivity index (χ3v) is 4.34. The molecule has 0 aromatic carbocycles. The number of hydrogen-bond acceptors (Lipinski definition) is 2. The van der Waals surface area contributed by atoms with Gasteiger partial charge in [0.1, 0.15) is 0 Å². The molecule has 2 aliphatic rings. The lowest BCUT2D eigenvalue weighted by molar-refractivity contribution is 0.327. The van der Waals surface area contributed by atoms with Crippen LogP contribution >= 0.6 is 0 Å². The van der Waals surface area contributed by atoms with Crippen LogP contribution < -0.4 is 5.32 Å². The van der Waals surface area contributed by atoms with Crippen molar-refractivity contribution >= 4 is 0 Å². The number of aromatic nitrogens is 2. The Bertz CT molecular complexity index is 362. The molecule has 2 aliphatic carbocycles. The molecule has 2 fully saturated rings. The van der Waals surface area contributed by atoms with Gasteiger partial charge < -0.3 is 5.32 Å². The third-order valence-electron chi connectivity index (χ3n) is 4.34. The van der Waals surface area contributed by atoms with Crippen LogP contribution in [0.5, 0.6) is 0 Å². The molecule has 1 heterocycles. The summed E-state index contributed by atoms with van der Waals surface area (Å²) in [5.74, 6) is 1.03. The van der Waals surface area contributed by atoms with Crippen molar-refractivity contribution in [1.82, 2.24) is 15.1 Å². The van der Waals surface area contributed by atoms with Crippen molar-refractivity contribution in [2.24, 2.45) is 5.92 Å². The van der Waals surface area contributed by atoms with Crippen molar-refractivity contribution in [1.29, 1.82) is 0 Å². The van der Waals surface area contributed by atoms with Crippen LogP contribution in [0.25, 0.3) is 0 Å². The quantitative estimate of drug-likeness (QED) is 0.782. The minimum atomic E-state index is 0.666. The van der Waals surface area contributed by atoms with E-state index >= 15 is 0 Å². The summed E-state index contributed by atoms with van der Waals surface area (Å²) in [6, 6.07) is 2.85. The largest absolute Gasteiger partial charge is 0.311 e. The molecular weight excluding hydrogens is 222 g/mol. The van der Waals surface area contributed by atoms with Gasteiger partial charge in [-0.05, 0) is 37.8 Å². The Hall–Kier alpha value is -0.830. The van der Waals surface area contributed by atoms with Crippen LogP contribution in [-0.4, -0.2) is 16.3 Å². The summed E-state index contributed by atoms with van der Waals surface area (Å²) in [7, 11) is 0. The minimum absolute atomic E-state index is 0.666. The van der Waals surface area contributed by atoms with Gasteiger partial charge in [-0.25, -0.2) is 0 Å². The summed E-state index contributed by atoms with van der Waals surface area (Å²) in [5, 5.41) is 8.23. The molecule has 0 bridgehead atoms. The zero-order chi connectivity index (χ0) is 12.2. The Kier molecular flexibility index (Phi) is 3.99. The van der Waals surface area contributed by atoms with Gasteiger partial charge in [0.15, 0.2) is 0 Å². The summed E-state index contributed by atoms with van der Waals surface area (Å²) in [4.78, 5) is 0. The molecule has 0 atom stereocenters. The van der Waals surface area contributed by atoms with E-state index in [9.17, 15) is 0 Å². The Morgan fingerprint density at radius 3 is 2.78 bits per heavy atom. The fraction of sp³-hybridized carbons (Fsp3) is 0.800. The maximum absolute atomic E-state index is 4.72. The van der Waals surface area contributed by atoms with Gasteiger partial charge in [0.2, 0.25) is 0 Å². The smallest absolute Gasteiger partial charge is 0.0762 e. The Balaban J connectivity index is 1.43. The van der Waals surface area contributed by atoms with Gasteiger partial charge in [0, 0.05) is 12.7 Å². The maximum atomic E-state index is 4.72. The zero-order valence-electron chi connectivity index (χ0n) is 11.3. The summed E-state index contributed by atoms with van der Waals surface area (Å²) in [6.07, 6.45) is 13.2. The van der Waals surface area contributed by atoms with Crippen LogP contribution in [0, 0.1) is 5.92 Å². The average Bonchev–Trinajstić information content (AvgIpc) is 3.12. The molecule has 3 nitrogen and oxygen atoms in total. The van der Waals surface area contributed by atoms with E-state index in [0.29, 0.717) is 6.04 Å². The molecule has 3 heteroatoms. The first kappa shape index (κ1) is 12.2. The summed E-state index contributed by atoms with van der Waals surface area (Å²) >= 11 is 0. The van der Waals surface area contributed by atoms with Crippen LogP contribution in [0.3, 0.4) is 0 Å². The summed E-state index contributed by atoms with van der Waals surface area (Å²) < 4.78 is 2.21. The Labute approximate surface area is 110 Å². The molecule has 0 radical (unpaired) electrons. The lowest BCUT2D eigenvalue weighted by Gasteiger charge is -2.21. The van der Waals surface area contributed by atoms with Crippen molar-refractivity contribution < 1.29 is 0 Å². The first-order valence-electron chi connectivity index (χ1n) is 7.66.